The van der Waals surface area contributed by atoms with Gasteiger partial charge in [-0.2, -0.15) is 4.68 Å². The second-order valence-electron chi connectivity index (χ2n) is 3.53. The first-order valence-electron chi connectivity index (χ1n) is 5.40. The zero-order valence-corrected chi connectivity index (χ0v) is 10.1. The van der Waals surface area contributed by atoms with Gasteiger partial charge in [-0.15, -0.1) is 5.10 Å². The van der Waals surface area contributed by atoms with Gasteiger partial charge in [0.25, 0.3) is 5.91 Å². The lowest BCUT2D eigenvalue weighted by molar-refractivity contribution is -0.139. The third kappa shape index (κ3) is 2.92. The number of nitrogens with one attached hydrogen (secondary N) is 1. The minimum absolute atomic E-state index is 0.195. The Morgan fingerprint density at radius 3 is 2.84 bits per heavy atom. The Balaban J connectivity index is 2.20. The van der Waals surface area contributed by atoms with Crippen molar-refractivity contribution < 1.29 is 14.3 Å². The molecule has 1 amide bonds. The highest BCUT2D eigenvalue weighted by atomic mass is 16.5. The van der Waals surface area contributed by atoms with Crippen LogP contribution < -0.4 is 5.32 Å². The lowest BCUT2D eigenvalue weighted by Gasteiger charge is -2.08. The topological polar surface area (TPSA) is 99.0 Å². The van der Waals surface area contributed by atoms with E-state index in [-0.39, 0.29) is 6.54 Å². The first-order chi connectivity index (χ1) is 9.22. The summed E-state index contributed by atoms with van der Waals surface area (Å²) in [7, 11) is 1.25. The lowest BCUT2D eigenvalue weighted by Crippen LogP contribution is -2.30. The summed E-state index contributed by atoms with van der Waals surface area (Å²) < 4.78 is 5.82. The number of benzene rings is 1. The maximum Gasteiger partial charge on any atom is 0.325 e. The second-order valence-corrected chi connectivity index (χ2v) is 3.53. The van der Waals surface area contributed by atoms with Gasteiger partial charge in [0.2, 0.25) is 0 Å². The number of carbonyl (C=O) groups is 2. The van der Waals surface area contributed by atoms with Crippen LogP contribution >= 0.6 is 0 Å². The third-order valence-electron chi connectivity index (χ3n) is 2.37. The molecular formula is C11H11N5O3. The molecule has 1 heterocycles. The SMILES string of the molecule is COC(=O)CNC(=O)c1ccccc1-n1cnnn1. The molecule has 1 aromatic heterocycles. The van der Waals surface area contributed by atoms with Gasteiger partial charge in [-0.05, 0) is 22.6 Å². The van der Waals surface area contributed by atoms with Crippen LogP contribution in [0.25, 0.3) is 5.69 Å². The molecule has 0 fully saturated rings. The molecule has 8 heteroatoms. The number of nitrogens with zero attached hydrogens (tertiary/aromatic N) is 4. The van der Waals surface area contributed by atoms with E-state index in [1.54, 1.807) is 24.3 Å². The molecule has 2 aromatic rings. The van der Waals surface area contributed by atoms with Crippen molar-refractivity contribution in [3.63, 3.8) is 0 Å². The maximum atomic E-state index is 12.0. The van der Waals surface area contributed by atoms with E-state index in [0.717, 1.165) is 0 Å². The molecule has 1 N–H and O–H groups in total. The normalized spacial score (nSPS) is 9.95. The van der Waals surface area contributed by atoms with Crippen LogP contribution in [0.4, 0.5) is 0 Å². The van der Waals surface area contributed by atoms with Gasteiger partial charge in [0, 0.05) is 0 Å². The van der Waals surface area contributed by atoms with Crippen molar-refractivity contribution >= 4 is 11.9 Å². The number of ether oxygens (including phenoxy) is 1. The molecule has 0 spiro atoms. The minimum Gasteiger partial charge on any atom is -0.468 e. The fraction of sp³-hybridized carbons (Fsp3) is 0.182. The van der Waals surface area contributed by atoms with Gasteiger partial charge in [-0.25, -0.2) is 0 Å². The molecule has 2 rings (SSSR count). The smallest absolute Gasteiger partial charge is 0.325 e. The Hall–Kier alpha value is -2.77. The van der Waals surface area contributed by atoms with Gasteiger partial charge in [0.05, 0.1) is 18.4 Å². The molecule has 98 valence electrons. The quantitative estimate of drug-likeness (QED) is 0.749. The van der Waals surface area contributed by atoms with E-state index in [1.165, 1.54) is 18.1 Å². The van der Waals surface area contributed by atoms with Crippen molar-refractivity contribution in [2.45, 2.75) is 0 Å². The standard InChI is InChI=1S/C11H11N5O3/c1-19-10(17)6-12-11(18)8-4-2-3-5-9(8)16-7-13-14-15-16/h2-5,7H,6H2,1H3,(H,12,18). The Bertz CT molecular complexity index is 582. The van der Waals surface area contributed by atoms with Crippen molar-refractivity contribution in [1.82, 2.24) is 25.5 Å². The monoisotopic (exact) mass is 261 g/mol. The molecule has 1 aromatic carbocycles. The maximum absolute atomic E-state index is 12.0. The van der Waals surface area contributed by atoms with E-state index in [1.807, 2.05) is 0 Å². The van der Waals surface area contributed by atoms with Crippen molar-refractivity contribution in [2.75, 3.05) is 13.7 Å². The summed E-state index contributed by atoms with van der Waals surface area (Å²) in [6, 6.07) is 6.78. The predicted molar refractivity (Wildman–Crippen MR) is 63.5 cm³/mol. The van der Waals surface area contributed by atoms with Crippen molar-refractivity contribution in [1.29, 1.82) is 0 Å². The van der Waals surface area contributed by atoms with E-state index < -0.39 is 11.9 Å². The predicted octanol–water partition coefficient (Wildman–Crippen LogP) is -0.435. The zero-order valence-electron chi connectivity index (χ0n) is 10.1. The number of rotatable bonds is 4. The number of para-hydroxylation sites is 1. The number of methoxy groups -OCH3 is 1. The van der Waals surface area contributed by atoms with Crippen LogP contribution in [0.2, 0.25) is 0 Å². The average molecular weight is 261 g/mol. The van der Waals surface area contributed by atoms with Crippen LogP contribution in [0.3, 0.4) is 0 Å². The summed E-state index contributed by atoms with van der Waals surface area (Å²) in [6.45, 7) is -0.195. The van der Waals surface area contributed by atoms with Crippen LogP contribution in [-0.4, -0.2) is 45.7 Å². The first kappa shape index (κ1) is 12.7. The first-order valence-corrected chi connectivity index (χ1v) is 5.40. The fourth-order valence-electron chi connectivity index (χ4n) is 1.46. The van der Waals surface area contributed by atoms with Crippen molar-refractivity contribution in [3.8, 4) is 5.69 Å². The summed E-state index contributed by atoms with van der Waals surface area (Å²) in [4.78, 5) is 23.0. The molecule has 19 heavy (non-hydrogen) atoms. The molecule has 0 saturated heterocycles. The average Bonchev–Trinajstić information content (AvgIpc) is 2.98. The summed E-state index contributed by atoms with van der Waals surface area (Å²) in [5.74, 6) is -0.926. The Morgan fingerprint density at radius 1 is 1.37 bits per heavy atom. The van der Waals surface area contributed by atoms with Gasteiger partial charge in [-0.1, -0.05) is 12.1 Å². The Morgan fingerprint density at radius 2 is 2.16 bits per heavy atom. The molecule has 0 aliphatic heterocycles. The molecule has 0 aliphatic carbocycles. The van der Waals surface area contributed by atoms with Crippen LogP contribution in [0.5, 0.6) is 0 Å². The number of carbonyl (C=O) groups excluding carboxylic acids is 2. The van der Waals surface area contributed by atoms with Gasteiger partial charge >= 0.3 is 5.97 Å². The van der Waals surface area contributed by atoms with E-state index in [2.05, 4.69) is 25.6 Å². The van der Waals surface area contributed by atoms with E-state index in [0.29, 0.717) is 11.3 Å². The third-order valence-corrected chi connectivity index (χ3v) is 2.37. The molecule has 0 unspecified atom stereocenters. The fourth-order valence-corrected chi connectivity index (χ4v) is 1.46. The number of tetrazole rings is 1. The zero-order chi connectivity index (χ0) is 13.7. The number of hydrogen-bond acceptors (Lipinski definition) is 6. The molecule has 0 radical (unpaired) electrons. The van der Waals surface area contributed by atoms with Crippen LogP contribution in [0.1, 0.15) is 10.4 Å². The van der Waals surface area contributed by atoms with Crippen molar-refractivity contribution in [2.24, 2.45) is 0 Å². The number of hydrogen-bond donors (Lipinski definition) is 1. The molecule has 8 nitrogen and oxygen atoms in total. The molecular weight excluding hydrogens is 250 g/mol. The summed E-state index contributed by atoms with van der Waals surface area (Å²) in [5.41, 5.74) is 0.883. The van der Waals surface area contributed by atoms with Gasteiger partial charge < -0.3 is 10.1 Å². The highest BCUT2D eigenvalue weighted by molar-refractivity contribution is 5.99. The van der Waals surface area contributed by atoms with E-state index in [4.69, 9.17) is 0 Å². The summed E-state index contributed by atoms with van der Waals surface area (Å²) in [5, 5.41) is 13.2. The highest BCUT2D eigenvalue weighted by Gasteiger charge is 2.14. The number of esters is 1. The second kappa shape index (κ2) is 5.71. The number of aromatic nitrogens is 4. The van der Waals surface area contributed by atoms with E-state index in [9.17, 15) is 9.59 Å². The summed E-state index contributed by atoms with van der Waals surface area (Å²) >= 11 is 0. The Labute approximate surface area is 108 Å². The van der Waals surface area contributed by atoms with Crippen LogP contribution in [-0.2, 0) is 9.53 Å². The highest BCUT2D eigenvalue weighted by Crippen LogP contribution is 2.12. The molecule has 0 aliphatic rings. The Kier molecular flexibility index (Phi) is 3.81. The number of amides is 1. The van der Waals surface area contributed by atoms with Gasteiger partial charge in [-0.3, -0.25) is 9.59 Å². The van der Waals surface area contributed by atoms with Crippen LogP contribution in [0, 0.1) is 0 Å². The molecule has 0 bridgehead atoms. The van der Waals surface area contributed by atoms with Gasteiger partial charge in [0.1, 0.15) is 12.9 Å². The largest absolute Gasteiger partial charge is 0.468 e. The lowest BCUT2D eigenvalue weighted by atomic mass is 10.1. The summed E-state index contributed by atoms with van der Waals surface area (Å²) in [6.07, 6.45) is 1.38. The van der Waals surface area contributed by atoms with E-state index >= 15 is 0 Å². The molecule has 0 atom stereocenters. The molecule has 0 saturated carbocycles. The van der Waals surface area contributed by atoms with Crippen molar-refractivity contribution in [3.05, 3.63) is 36.2 Å². The van der Waals surface area contributed by atoms with Crippen LogP contribution in [0.15, 0.2) is 30.6 Å². The minimum atomic E-state index is -0.520. The van der Waals surface area contributed by atoms with Gasteiger partial charge in [0.15, 0.2) is 0 Å².